The predicted octanol–water partition coefficient (Wildman–Crippen LogP) is 4.37. The molecule has 0 aromatic heterocycles. The molecule has 0 bridgehead atoms. The molecule has 0 aliphatic carbocycles. The van der Waals surface area contributed by atoms with Crippen molar-refractivity contribution < 1.29 is 9.53 Å². The third kappa shape index (κ3) is 3.81. The third-order valence-corrected chi connectivity index (χ3v) is 4.05. The van der Waals surface area contributed by atoms with Crippen LogP contribution in [0.1, 0.15) is 15.9 Å². The number of nitrogens with one attached hydrogen (secondary N) is 1. The van der Waals surface area contributed by atoms with E-state index in [-0.39, 0.29) is 5.91 Å². The Labute approximate surface area is 148 Å². The highest BCUT2D eigenvalue weighted by Gasteiger charge is 2.05. The lowest BCUT2D eigenvalue weighted by molar-refractivity contribution is 0.0955. The molecule has 0 saturated carbocycles. The van der Waals surface area contributed by atoms with E-state index in [2.05, 4.69) is 26.5 Å². The number of hydrogen-bond donors (Lipinski definition) is 1. The first-order valence-electron chi connectivity index (χ1n) is 7.32. The van der Waals surface area contributed by atoms with E-state index in [1.54, 1.807) is 19.4 Å². The Balaban J connectivity index is 1.70. The smallest absolute Gasteiger partial charge is 0.271 e. The molecule has 0 aliphatic rings. The van der Waals surface area contributed by atoms with Gasteiger partial charge in [-0.3, -0.25) is 4.79 Å². The highest BCUT2D eigenvalue weighted by molar-refractivity contribution is 9.10. The molecule has 0 fully saturated rings. The molecule has 4 nitrogen and oxygen atoms in total. The van der Waals surface area contributed by atoms with Crippen molar-refractivity contribution in [3.63, 3.8) is 0 Å². The summed E-state index contributed by atoms with van der Waals surface area (Å²) in [6, 6.07) is 18.9. The van der Waals surface area contributed by atoms with Crippen LogP contribution in [0.3, 0.4) is 0 Å². The van der Waals surface area contributed by atoms with Gasteiger partial charge in [0.1, 0.15) is 5.75 Å². The van der Waals surface area contributed by atoms with Crippen LogP contribution in [0.4, 0.5) is 0 Å². The first kappa shape index (κ1) is 16.2. The van der Waals surface area contributed by atoms with Gasteiger partial charge in [0.15, 0.2) is 0 Å². The van der Waals surface area contributed by atoms with Crippen LogP contribution in [0.25, 0.3) is 10.8 Å². The van der Waals surface area contributed by atoms with Gasteiger partial charge in [0, 0.05) is 10.0 Å². The molecule has 0 aliphatic heterocycles. The Hall–Kier alpha value is -2.66. The van der Waals surface area contributed by atoms with Crippen molar-refractivity contribution in [1.82, 2.24) is 5.43 Å². The SMILES string of the molecule is COc1ccc(C=NNC(=O)c2ccc3cc(Br)ccc3c2)cc1. The molecule has 5 heteroatoms. The van der Waals surface area contributed by atoms with Gasteiger partial charge in [0.2, 0.25) is 0 Å². The number of ether oxygens (including phenoxy) is 1. The number of carbonyl (C=O) groups excluding carboxylic acids is 1. The van der Waals surface area contributed by atoms with E-state index in [0.717, 1.165) is 26.6 Å². The van der Waals surface area contributed by atoms with Gasteiger partial charge in [-0.1, -0.05) is 28.1 Å². The fourth-order valence-corrected chi connectivity index (χ4v) is 2.66. The molecule has 3 rings (SSSR count). The lowest BCUT2D eigenvalue weighted by atomic mass is 10.1. The minimum atomic E-state index is -0.246. The van der Waals surface area contributed by atoms with Gasteiger partial charge in [-0.15, -0.1) is 0 Å². The molecule has 0 unspecified atom stereocenters. The van der Waals surface area contributed by atoms with Crippen LogP contribution in [0.2, 0.25) is 0 Å². The van der Waals surface area contributed by atoms with Crippen LogP contribution in [-0.2, 0) is 0 Å². The van der Waals surface area contributed by atoms with Crippen LogP contribution >= 0.6 is 15.9 Å². The number of fused-ring (bicyclic) bond motifs is 1. The number of hydrogen-bond acceptors (Lipinski definition) is 3. The Morgan fingerprint density at radius 3 is 2.50 bits per heavy atom. The number of halogens is 1. The summed E-state index contributed by atoms with van der Waals surface area (Å²) in [5.41, 5.74) is 3.98. The summed E-state index contributed by atoms with van der Waals surface area (Å²) in [6.07, 6.45) is 1.59. The Bertz CT molecular complexity index is 905. The maximum atomic E-state index is 12.2. The molecule has 1 amide bonds. The number of carbonyl (C=O) groups is 1. The fourth-order valence-electron chi connectivity index (χ4n) is 2.28. The van der Waals surface area contributed by atoms with Crippen molar-refractivity contribution >= 4 is 38.8 Å². The topological polar surface area (TPSA) is 50.7 Å². The predicted molar refractivity (Wildman–Crippen MR) is 99.7 cm³/mol. The fraction of sp³-hybridized carbons (Fsp3) is 0.0526. The monoisotopic (exact) mass is 382 g/mol. The van der Waals surface area contributed by atoms with E-state index >= 15 is 0 Å². The molecule has 0 radical (unpaired) electrons. The van der Waals surface area contributed by atoms with Gasteiger partial charge >= 0.3 is 0 Å². The average molecular weight is 383 g/mol. The first-order chi connectivity index (χ1) is 11.7. The Morgan fingerprint density at radius 2 is 1.75 bits per heavy atom. The lowest BCUT2D eigenvalue weighted by Gasteiger charge is -2.03. The molecule has 0 spiro atoms. The molecule has 3 aromatic carbocycles. The number of benzene rings is 3. The van der Waals surface area contributed by atoms with Gasteiger partial charge in [-0.25, -0.2) is 5.43 Å². The van der Waals surface area contributed by atoms with Crippen molar-refractivity contribution in [3.05, 3.63) is 76.3 Å². The molecular formula is C19H15BrN2O2. The summed E-state index contributed by atoms with van der Waals surface area (Å²) < 4.78 is 6.11. The maximum absolute atomic E-state index is 12.2. The van der Waals surface area contributed by atoms with E-state index in [1.807, 2.05) is 54.6 Å². The van der Waals surface area contributed by atoms with Crippen LogP contribution in [0.5, 0.6) is 5.75 Å². The number of hydrazone groups is 1. The van der Waals surface area contributed by atoms with E-state index in [1.165, 1.54) is 0 Å². The average Bonchev–Trinajstić information content (AvgIpc) is 2.61. The highest BCUT2D eigenvalue weighted by Crippen LogP contribution is 2.21. The summed E-state index contributed by atoms with van der Waals surface area (Å²) in [7, 11) is 1.62. The maximum Gasteiger partial charge on any atom is 0.271 e. The van der Waals surface area contributed by atoms with E-state index in [4.69, 9.17) is 4.74 Å². The largest absolute Gasteiger partial charge is 0.497 e. The second-order valence-electron chi connectivity index (χ2n) is 5.18. The third-order valence-electron chi connectivity index (χ3n) is 3.56. The number of methoxy groups -OCH3 is 1. The van der Waals surface area contributed by atoms with Crippen molar-refractivity contribution in [3.8, 4) is 5.75 Å². The van der Waals surface area contributed by atoms with Gasteiger partial charge in [-0.2, -0.15) is 5.10 Å². The van der Waals surface area contributed by atoms with Crippen LogP contribution in [-0.4, -0.2) is 19.2 Å². The van der Waals surface area contributed by atoms with Crippen molar-refractivity contribution in [2.45, 2.75) is 0 Å². The van der Waals surface area contributed by atoms with Crippen LogP contribution in [0.15, 0.2) is 70.2 Å². The van der Waals surface area contributed by atoms with Gasteiger partial charge < -0.3 is 4.74 Å². The second kappa shape index (κ2) is 7.27. The first-order valence-corrected chi connectivity index (χ1v) is 8.12. The summed E-state index contributed by atoms with van der Waals surface area (Å²) in [6.45, 7) is 0. The summed E-state index contributed by atoms with van der Waals surface area (Å²) in [5, 5.41) is 6.07. The van der Waals surface area contributed by atoms with Gasteiger partial charge in [0.05, 0.1) is 13.3 Å². The normalized spacial score (nSPS) is 10.9. The zero-order valence-corrected chi connectivity index (χ0v) is 14.6. The molecular weight excluding hydrogens is 368 g/mol. The van der Waals surface area contributed by atoms with Crippen LogP contribution in [0, 0.1) is 0 Å². The molecule has 24 heavy (non-hydrogen) atoms. The minimum absolute atomic E-state index is 0.246. The number of rotatable bonds is 4. The standard InChI is InChI=1S/C19H15BrN2O2/c1-24-18-8-2-13(3-9-18)12-21-22-19(23)16-5-4-15-11-17(20)7-6-14(15)10-16/h2-12H,1H3,(H,22,23). The summed E-state index contributed by atoms with van der Waals surface area (Å²) in [5.74, 6) is 0.531. The minimum Gasteiger partial charge on any atom is -0.497 e. The van der Waals surface area contributed by atoms with E-state index in [0.29, 0.717) is 5.56 Å². The molecule has 3 aromatic rings. The molecule has 1 N–H and O–H groups in total. The molecule has 0 atom stereocenters. The zero-order chi connectivity index (χ0) is 16.9. The molecule has 120 valence electrons. The summed E-state index contributed by atoms with van der Waals surface area (Å²) in [4.78, 5) is 12.2. The Morgan fingerprint density at radius 1 is 1.04 bits per heavy atom. The molecule has 0 heterocycles. The van der Waals surface area contributed by atoms with Crippen molar-refractivity contribution in [2.75, 3.05) is 7.11 Å². The molecule has 0 saturated heterocycles. The second-order valence-corrected chi connectivity index (χ2v) is 6.09. The Kier molecular flexibility index (Phi) is 4.91. The lowest BCUT2D eigenvalue weighted by Crippen LogP contribution is -2.17. The van der Waals surface area contributed by atoms with E-state index in [9.17, 15) is 4.79 Å². The van der Waals surface area contributed by atoms with Crippen LogP contribution < -0.4 is 10.2 Å². The zero-order valence-electron chi connectivity index (χ0n) is 13.0. The van der Waals surface area contributed by atoms with E-state index < -0.39 is 0 Å². The highest BCUT2D eigenvalue weighted by atomic mass is 79.9. The quantitative estimate of drug-likeness (QED) is 0.537. The van der Waals surface area contributed by atoms with Gasteiger partial charge in [-0.05, 0) is 64.9 Å². The number of amides is 1. The summed E-state index contributed by atoms with van der Waals surface area (Å²) >= 11 is 3.44. The van der Waals surface area contributed by atoms with Crippen molar-refractivity contribution in [1.29, 1.82) is 0 Å². The van der Waals surface area contributed by atoms with Gasteiger partial charge in [0.25, 0.3) is 5.91 Å². The number of nitrogens with zero attached hydrogens (tertiary/aromatic N) is 1. The van der Waals surface area contributed by atoms with Crippen molar-refractivity contribution in [2.24, 2.45) is 5.10 Å².